The van der Waals surface area contributed by atoms with Gasteiger partial charge >= 0.3 is 6.03 Å². The second-order valence-electron chi connectivity index (χ2n) is 7.08. The van der Waals surface area contributed by atoms with E-state index in [2.05, 4.69) is 10.4 Å². The molecule has 0 spiro atoms. The van der Waals surface area contributed by atoms with Crippen molar-refractivity contribution in [2.75, 3.05) is 13.1 Å². The zero-order valence-corrected chi connectivity index (χ0v) is 15.9. The van der Waals surface area contributed by atoms with Gasteiger partial charge in [-0.3, -0.25) is 14.5 Å². The van der Waals surface area contributed by atoms with Crippen LogP contribution >= 0.6 is 0 Å². The van der Waals surface area contributed by atoms with Crippen LogP contribution in [0, 0.1) is 0 Å². The molecule has 7 nitrogen and oxygen atoms in total. The first-order chi connectivity index (χ1) is 13.0. The smallest absolute Gasteiger partial charge is 0.323 e. The molecule has 0 aromatic heterocycles. The maximum absolute atomic E-state index is 12.9. The van der Waals surface area contributed by atoms with E-state index in [1.54, 1.807) is 0 Å². The minimum absolute atomic E-state index is 0.272. The molecule has 0 radical (unpaired) electrons. The second kappa shape index (κ2) is 7.90. The number of amides is 4. The number of nitrogens with zero attached hydrogens (tertiary/aromatic N) is 3. The molecule has 1 saturated heterocycles. The van der Waals surface area contributed by atoms with Crippen molar-refractivity contribution in [2.45, 2.75) is 51.5 Å². The van der Waals surface area contributed by atoms with Crippen LogP contribution in [0.4, 0.5) is 4.79 Å². The van der Waals surface area contributed by atoms with Gasteiger partial charge in [0.2, 0.25) is 0 Å². The van der Waals surface area contributed by atoms with Gasteiger partial charge in [-0.25, -0.2) is 9.80 Å². The average molecular weight is 370 g/mol. The van der Waals surface area contributed by atoms with Gasteiger partial charge in [0, 0.05) is 6.42 Å². The van der Waals surface area contributed by atoms with E-state index in [1.165, 1.54) is 5.01 Å². The summed E-state index contributed by atoms with van der Waals surface area (Å²) in [6.45, 7) is 4.15. The summed E-state index contributed by atoms with van der Waals surface area (Å²) in [5.74, 6) is -0.635. The highest BCUT2D eigenvalue weighted by Crippen LogP contribution is 2.28. The standard InChI is InChI=1S/C20H26N4O3/c1-3-11-20(12-4-2)18(26)23(19(27)21-20)14-17(25)24-13-10-16(22-24)15-8-6-5-7-9-15/h5-9H,3-4,10-14H2,1-2H3,(H,21,27). The number of carbonyl (C=O) groups is 3. The Morgan fingerprint density at radius 1 is 1.15 bits per heavy atom. The number of benzene rings is 1. The highest BCUT2D eigenvalue weighted by Gasteiger charge is 2.50. The van der Waals surface area contributed by atoms with Crippen LogP contribution in [0.15, 0.2) is 35.4 Å². The molecule has 1 aromatic carbocycles. The predicted octanol–water partition coefficient (Wildman–Crippen LogP) is 2.51. The molecular weight excluding hydrogens is 344 g/mol. The van der Waals surface area contributed by atoms with Gasteiger partial charge in [-0.15, -0.1) is 0 Å². The molecular formula is C20H26N4O3. The van der Waals surface area contributed by atoms with Crippen LogP contribution in [0.1, 0.15) is 51.5 Å². The number of hydrogen-bond acceptors (Lipinski definition) is 4. The number of imide groups is 1. The van der Waals surface area contributed by atoms with E-state index >= 15 is 0 Å². The fourth-order valence-electron chi connectivity index (χ4n) is 3.82. The fourth-order valence-corrected chi connectivity index (χ4v) is 3.82. The Kier molecular flexibility index (Phi) is 5.58. The number of carbonyl (C=O) groups excluding carboxylic acids is 3. The summed E-state index contributed by atoms with van der Waals surface area (Å²) in [6.07, 6.45) is 3.38. The van der Waals surface area contributed by atoms with E-state index < -0.39 is 11.6 Å². The third-order valence-corrected chi connectivity index (χ3v) is 5.09. The van der Waals surface area contributed by atoms with Crippen LogP contribution in [-0.4, -0.2) is 52.1 Å². The minimum atomic E-state index is -0.871. The van der Waals surface area contributed by atoms with Gasteiger partial charge in [-0.1, -0.05) is 57.0 Å². The van der Waals surface area contributed by atoms with Crippen molar-refractivity contribution in [3.63, 3.8) is 0 Å². The maximum Gasteiger partial charge on any atom is 0.325 e. The third-order valence-electron chi connectivity index (χ3n) is 5.09. The first-order valence-corrected chi connectivity index (χ1v) is 9.58. The SMILES string of the molecule is CCCC1(CCC)NC(=O)N(CC(=O)N2CCC(c3ccccc3)=N2)C1=O. The number of nitrogens with one attached hydrogen (secondary N) is 1. The van der Waals surface area contributed by atoms with Crippen LogP contribution in [0.25, 0.3) is 0 Å². The summed E-state index contributed by atoms with van der Waals surface area (Å²) < 4.78 is 0. The van der Waals surface area contributed by atoms with Crippen molar-refractivity contribution in [2.24, 2.45) is 5.10 Å². The molecule has 1 fully saturated rings. The number of rotatable bonds is 7. The molecule has 27 heavy (non-hydrogen) atoms. The number of urea groups is 1. The van der Waals surface area contributed by atoms with Crippen LogP contribution in [0.5, 0.6) is 0 Å². The summed E-state index contributed by atoms with van der Waals surface area (Å²) in [6, 6.07) is 9.20. The van der Waals surface area contributed by atoms with Gasteiger partial charge in [0.1, 0.15) is 12.1 Å². The summed E-state index contributed by atoms with van der Waals surface area (Å²) in [4.78, 5) is 38.9. The lowest BCUT2D eigenvalue weighted by Gasteiger charge is -2.25. The first-order valence-electron chi connectivity index (χ1n) is 9.58. The predicted molar refractivity (Wildman–Crippen MR) is 102 cm³/mol. The minimum Gasteiger partial charge on any atom is -0.323 e. The van der Waals surface area contributed by atoms with Gasteiger partial charge in [0.25, 0.3) is 11.8 Å². The van der Waals surface area contributed by atoms with Gasteiger partial charge < -0.3 is 5.32 Å². The lowest BCUT2D eigenvalue weighted by atomic mass is 9.88. The van der Waals surface area contributed by atoms with Gasteiger partial charge in [-0.05, 0) is 18.4 Å². The molecule has 7 heteroatoms. The zero-order chi connectivity index (χ0) is 19.4. The normalized spacial score (nSPS) is 18.7. The molecule has 2 aliphatic heterocycles. The van der Waals surface area contributed by atoms with Crippen molar-refractivity contribution < 1.29 is 14.4 Å². The lowest BCUT2D eigenvalue weighted by molar-refractivity contribution is -0.139. The Labute approximate surface area is 159 Å². The molecule has 1 N–H and O–H groups in total. The molecule has 0 aliphatic carbocycles. The van der Waals surface area contributed by atoms with Crippen molar-refractivity contribution in [1.29, 1.82) is 0 Å². The van der Waals surface area contributed by atoms with E-state index in [1.807, 2.05) is 44.2 Å². The third kappa shape index (κ3) is 3.72. The molecule has 4 amide bonds. The molecule has 1 aromatic rings. The molecule has 144 valence electrons. The van der Waals surface area contributed by atoms with Crippen LogP contribution in [-0.2, 0) is 9.59 Å². The summed E-state index contributed by atoms with van der Waals surface area (Å²) in [5, 5.41) is 8.58. The quantitative estimate of drug-likeness (QED) is 0.749. The van der Waals surface area contributed by atoms with Crippen molar-refractivity contribution in [3.05, 3.63) is 35.9 Å². The van der Waals surface area contributed by atoms with E-state index in [0.717, 1.165) is 29.0 Å². The largest absolute Gasteiger partial charge is 0.325 e. The molecule has 0 unspecified atom stereocenters. The summed E-state index contributed by atoms with van der Waals surface area (Å²) >= 11 is 0. The molecule has 3 rings (SSSR count). The van der Waals surface area contributed by atoms with Gasteiger partial charge in [0.05, 0.1) is 12.3 Å². The molecule has 2 aliphatic rings. The number of hydrogen-bond donors (Lipinski definition) is 1. The monoisotopic (exact) mass is 370 g/mol. The first kappa shape index (κ1) is 19.1. The molecule has 0 bridgehead atoms. The van der Waals surface area contributed by atoms with Crippen molar-refractivity contribution in [1.82, 2.24) is 15.2 Å². The Morgan fingerprint density at radius 2 is 1.81 bits per heavy atom. The second-order valence-corrected chi connectivity index (χ2v) is 7.08. The summed E-state index contributed by atoms with van der Waals surface area (Å²) in [7, 11) is 0. The maximum atomic E-state index is 12.9. The van der Waals surface area contributed by atoms with Gasteiger partial charge in [0.15, 0.2) is 0 Å². The molecule has 2 heterocycles. The van der Waals surface area contributed by atoms with E-state index in [9.17, 15) is 14.4 Å². The van der Waals surface area contributed by atoms with E-state index in [0.29, 0.717) is 25.8 Å². The highest BCUT2D eigenvalue weighted by atomic mass is 16.2. The van der Waals surface area contributed by atoms with Crippen molar-refractivity contribution >= 4 is 23.6 Å². The highest BCUT2D eigenvalue weighted by molar-refractivity contribution is 6.09. The summed E-state index contributed by atoms with van der Waals surface area (Å²) in [5.41, 5.74) is 0.949. The van der Waals surface area contributed by atoms with Crippen LogP contribution in [0.3, 0.4) is 0 Å². The number of hydrazone groups is 1. The van der Waals surface area contributed by atoms with E-state index in [-0.39, 0.29) is 18.4 Å². The molecule has 0 atom stereocenters. The Balaban J connectivity index is 1.70. The van der Waals surface area contributed by atoms with Crippen LogP contribution in [0.2, 0.25) is 0 Å². The Morgan fingerprint density at radius 3 is 2.44 bits per heavy atom. The Bertz CT molecular complexity index is 754. The fraction of sp³-hybridized carbons (Fsp3) is 0.500. The Hall–Kier alpha value is -2.70. The average Bonchev–Trinajstić information content (AvgIpc) is 3.23. The van der Waals surface area contributed by atoms with E-state index in [4.69, 9.17) is 0 Å². The topological polar surface area (TPSA) is 82.1 Å². The van der Waals surface area contributed by atoms with Crippen LogP contribution < -0.4 is 5.32 Å². The molecule has 0 saturated carbocycles. The lowest BCUT2D eigenvalue weighted by Crippen LogP contribution is -2.47. The zero-order valence-electron chi connectivity index (χ0n) is 15.9. The van der Waals surface area contributed by atoms with Gasteiger partial charge in [-0.2, -0.15) is 5.10 Å². The van der Waals surface area contributed by atoms with Crippen molar-refractivity contribution in [3.8, 4) is 0 Å².